The molecular formula is C43H60N3O7-. The number of aromatic amines is 1. The number of hydrogen-bond acceptors (Lipinski definition) is 8. The Morgan fingerprint density at radius 1 is 1.02 bits per heavy atom. The molecule has 2 aromatic heterocycles. The number of carbonyl (C=O) groups is 1. The van der Waals surface area contributed by atoms with E-state index in [1.807, 2.05) is 24.3 Å². The molecule has 2 heterocycles. The molecule has 1 saturated carbocycles. The van der Waals surface area contributed by atoms with Crippen molar-refractivity contribution in [3.8, 4) is 22.8 Å². The van der Waals surface area contributed by atoms with Gasteiger partial charge in [-0.3, -0.25) is 4.79 Å². The normalized spacial score (nSPS) is 25.4. The van der Waals surface area contributed by atoms with Crippen molar-refractivity contribution in [2.75, 3.05) is 5.73 Å². The summed E-state index contributed by atoms with van der Waals surface area (Å²) in [5.74, 6) is -1.30. The highest BCUT2D eigenvalue weighted by molar-refractivity contribution is 5.70. The van der Waals surface area contributed by atoms with Crippen molar-refractivity contribution < 1.29 is 35.4 Å². The van der Waals surface area contributed by atoms with Gasteiger partial charge in [0.2, 0.25) is 0 Å². The van der Waals surface area contributed by atoms with Crippen molar-refractivity contribution in [1.82, 2.24) is 9.97 Å². The Morgan fingerprint density at radius 3 is 2.57 bits per heavy atom. The number of nitrogens with two attached hydrogens (primary N) is 1. The number of nitrogens with one attached hydrogen (secondary N) is 1. The van der Waals surface area contributed by atoms with Crippen LogP contribution in [0.4, 0.5) is 5.82 Å². The third kappa shape index (κ3) is 11.6. The zero-order valence-electron chi connectivity index (χ0n) is 31.2. The van der Waals surface area contributed by atoms with Crippen molar-refractivity contribution in [2.24, 2.45) is 29.6 Å². The van der Waals surface area contributed by atoms with Crippen molar-refractivity contribution >= 4 is 11.8 Å². The average molecular weight is 731 g/mol. The molecule has 10 nitrogen and oxygen atoms in total. The number of rotatable bonds is 20. The predicted molar refractivity (Wildman–Crippen MR) is 205 cm³/mol. The van der Waals surface area contributed by atoms with Crippen LogP contribution in [0.3, 0.4) is 0 Å². The van der Waals surface area contributed by atoms with E-state index in [2.05, 4.69) is 29.0 Å². The number of aliphatic carboxylic acids is 1. The lowest BCUT2D eigenvalue weighted by Gasteiger charge is -2.32. The summed E-state index contributed by atoms with van der Waals surface area (Å²) in [6.45, 7) is 2.20. The maximum atomic E-state index is 12.3. The van der Waals surface area contributed by atoms with Gasteiger partial charge in [0.1, 0.15) is 11.6 Å². The van der Waals surface area contributed by atoms with Crippen LogP contribution in [0.15, 0.2) is 60.8 Å². The highest BCUT2D eigenvalue weighted by Crippen LogP contribution is 2.46. The van der Waals surface area contributed by atoms with Gasteiger partial charge in [-0.1, -0.05) is 63.7 Å². The first kappa shape index (κ1) is 40.3. The molecule has 10 heteroatoms. The summed E-state index contributed by atoms with van der Waals surface area (Å²) in [6.07, 6.45) is 16.8. The van der Waals surface area contributed by atoms with Gasteiger partial charge in [0.25, 0.3) is 0 Å². The third-order valence-corrected chi connectivity index (χ3v) is 11.9. The van der Waals surface area contributed by atoms with Crippen LogP contribution in [0.2, 0.25) is 0 Å². The second-order valence-electron chi connectivity index (χ2n) is 16.0. The van der Waals surface area contributed by atoms with Crippen molar-refractivity contribution in [3.63, 3.8) is 0 Å². The summed E-state index contributed by atoms with van der Waals surface area (Å²) in [5.41, 5.74) is 7.99. The third-order valence-electron chi connectivity index (χ3n) is 11.9. The van der Waals surface area contributed by atoms with Crippen LogP contribution in [0.25, 0.3) is 11.3 Å². The number of carboxylic acids is 1. The van der Waals surface area contributed by atoms with E-state index in [1.165, 1.54) is 31.4 Å². The van der Waals surface area contributed by atoms with Gasteiger partial charge in [-0.25, -0.2) is 4.98 Å². The van der Waals surface area contributed by atoms with Crippen LogP contribution >= 0.6 is 0 Å². The summed E-state index contributed by atoms with van der Waals surface area (Å²) >= 11 is 0. The monoisotopic (exact) mass is 730 g/mol. The number of hydrogen-bond donors (Lipinski definition) is 7. The Kier molecular flexibility index (Phi) is 14.4. The molecule has 3 aromatic rings. The molecule has 0 radical (unpaired) electrons. The van der Waals surface area contributed by atoms with E-state index in [9.17, 15) is 35.4 Å². The molecule has 2 aliphatic rings. The Morgan fingerprint density at radius 2 is 1.83 bits per heavy atom. The summed E-state index contributed by atoms with van der Waals surface area (Å²) in [7, 11) is 0. The van der Waals surface area contributed by atoms with Crippen LogP contribution in [-0.2, 0) is 17.6 Å². The zero-order chi connectivity index (χ0) is 38.0. The minimum absolute atomic E-state index is 0.102. The van der Waals surface area contributed by atoms with E-state index in [0.717, 1.165) is 55.8 Å². The van der Waals surface area contributed by atoms with Gasteiger partial charge in [0, 0.05) is 29.1 Å². The first-order valence-corrected chi connectivity index (χ1v) is 19.8. The van der Waals surface area contributed by atoms with Crippen LogP contribution in [0, 0.1) is 29.6 Å². The number of phenolic OH excluding ortho intramolecular Hbond substituents is 1. The Balaban J connectivity index is 1.16. The number of allylic oxidation sites excluding steroid dienone is 1. The smallest absolute Gasteiger partial charge is 0.309 e. The standard InChI is InChI=1S/C43H61N3O7/c1-2-3-5-8-28-11-12-31(40(50)21-28)9-6-4-7-10-37(42(51)52)39(49)15-17-43(53)27-30(19-29-16-18-45-41(44)22-29)20-33(43)25-34-13-14-38(46-34)32-23-35(47)26-36(48)24-32/h11-14,16,18,22-24,26,28,30-31,33,37,39-40,46-50,53H,2-10,15,17,19-21,25,27H2,1H3,(H2,44,45)(H,51,52)/p-1. The van der Waals surface area contributed by atoms with Gasteiger partial charge in [-0.2, -0.15) is 0 Å². The number of aliphatic hydroxyl groups is 3. The molecule has 8 unspecified atom stereocenters. The van der Waals surface area contributed by atoms with Gasteiger partial charge in [-0.15, -0.1) is 5.75 Å². The Bertz CT molecular complexity index is 1620. The van der Waals surface area contributed by atoms with E-state index in [1.54, 1.807) is 6.20 Å². The molecule has 8 atom stereocenters. The van der Waals surface area contributed by atoms with Gasteiger partial charge in [-0.05, 0) is 124 Å². The maximum Gasteiger partial charge on any atom is 0.309 e. The van der Waals surface area contributed by atoms with E-state index >= 15 is 0 Å². The number of nitrogens with zero attached hydrogens (tertiary/aromatic N) is 1. The van der Waals surface area contributed by atoms with Gasteiger partial charge >= 0.3 is 5.97 Å². The van der Waals surface area contributed by atoms with Crippen LogP contribution in [-0.4, -0.2) is 59.3 Å². The van der Waals surface area contributed by atoms with Crippen LogP contribution in [0.5, 0.6) is 11.5 Å². The fourth-order valence-corrected chi connectivity index (χ4v) is 8.94. The molecule has 0 amide bonds. The van der Waals surface area contributed by atoms with E-state index < -0.39 is 23.6 Å². The van der Waals surface area contributed by atoms with Crippen LogP contribution < -0.4 is 10.8 Å². The largest absolute Gasteiger partial charge is 0.872 e. The molecule has 0 spiro atoms. The number of nitrogen functional groups attached to an aromatic ring is 1. The molecular weight excluding hydrogens is 670 g/mol. The minimum atomic E-state index is -1.13. The molecule has 0 aliphatic heterocycles. The summed E-state index contributed by atoms with van der Waals surface area (Å²) in [6, 6.07) is 11.7. The quantitative estimate of drug-likeness (QED) is 0.0478. The first-order chi connectivity index (χ1) is 25.4. The fraction of sp³-hybridized carbons (Fsp3) is 0.581. The lowest BCUT2D eigenvalue weighted by atomic mass is 9.80. The molecule has 53 heavy (non-hydrogen) atoms. The predicted octanol–water partition coefficient (Wildman–Crippen LogP) is 6.91. The number of unbranched alkanes of at least 4 members (excludes halogenated alkanes) is 4. The van der Waals surface area contributed by atoms with Crippen LogP contribution in [0.1, 0.15) is 108 Å². The lowest BCUT2D eigenvalue weighted by Crippen LogP contribution is -2.37. The number of pyridine rings is 1. The molecule has 5 rings (SSSR count). The molecule has 0 saturated heterocycles. The summed E-state index contributed by atoms with van der Waals surface area (Å²) in [5, 5.41) is 66.2. The van der Waals surface area contributed by atoms with E-state index in [0.29, 0.717) is 55.1 Å². The van der Waals surface area contributed by atoms with E-state index in [4.69, 9.17) is 5.73 Å². The van der Waals surface area contributed by atoms with Crippen molar-refractivity contribution in [2.45, 2.75) is 127 Å². The second kappa shape index (κ2) is 18.9. The SMILES string of the molecule is CCCCCC1C=CC(CCCCCC(C(=O)O)C(O)CCC2(O)CC(Cc3ccnc(N)c3)CC2Cc2ccc(-c3cc([O-])cc(O)c3)[nH]2)C(O)C1. The molecule has 290 valence electrons. The fourth-order valence-electron chi connectivity index (χ4n) is 8.94. The van der Waals surface area contributed by atoms with Gasteiger partial charge in [0.15, 0.2) is 0 Å². The number of aliphatic hydroxyl groups excluding tert-OH is 2. The van der Waals surface area contributed by atoms with Gasteiger partial charge in [0.05, 0.1) is 23.7 Å². The maximum absolute atomic E-state index is 12.3. The molecule has 8 N–H and O–H groups in total. The van der Waals surface area contributed by atoms with Crippen molar-refractivity contribution in [3.05, 3.63) is 72.1 Å². The lowest BCUT2D eigenvalue weighted by molar-refractivity contribution is -0.268. The van der Waals surface area contributed by atoms with Crippen molar-refractivity contribution in [1.29, 1.82) is 0 Å². The Hall–Kier alpha value is -3.86. The number of phenols is 1. The summed E-state index contributed by atoms with van der Waals surface area (Å²) in [4.78, 5) is 19.8. The Labute approximate surface area is 314 Å². The number of carboxylic acid groups (broad SMARTS) is 1. The second-order valence-corrected chi connectivity index (χ2v) is 16.0. The molecule has 1 aromatic carbocycles. The number of aromatic hydroxyl groups is 1. The molecule has 1 fully saturated rings. The molecule has 0 bridgehead atoms. The highest BCUT2D eigenvalue weighted by Gasteiger charge is 2.46. The average Bonchev–Trinajstić information content (AvgIpc) is 3.69. The minimum Gasteiger partial charge on any atom is -0.872 e. The topological polar surface area (TPSA) is 196 Å². The number of H-pyrrole nitrogens is 1. The zero-order valence-corrected chi connectivity index (χ0v) is 31.2. The number of benzene rings is 1. The highest BCUT2D eigenvalue weighted by atomic mass is 16.4. The number of aromatic nitrogens is 2. The van der Waals surface area contributed by atoms with E-state index in [-0.39, 0.29) is 48.2 Å². The summed E-state index contributed by atoms with van der Waals surface area (Å²) < 4.78 is 0. The van der Waals surface area contributed by atoms with Gasteiger partial charge < -0.3 is 41.4 Å². The molecule has 2 aliphatic carbocycles. The number of anilines is 1. The first-order valence-electron chi connectivity index (χ1n) is 19.8.